The molecular weight excluding hydrogens is 242 g/mol. The lowest BCUT2D eigenvalue weighted by molar-refractivity contribution is -0.122. The van der Waals surface area contributed by atoms with Crippen LogP contribution in [-0.4, -0.2) is 24.2 Å². The maximum absolute atomic E-state index is 11.8. The number of carbonyl (C=O) groups excluding carboxylic acids is 1. The van der Waals surface area contributed by atoms with Gasteiger partial charge in [-0.05, 0) is 24.8 Å². The number of para-hydroxylation sites is 1. The second kappa shape index (κ2) is 7.14. The molecule has 0 bridgehead atoms. The Bertz CT molecular complexity index is 416. The van der Waals surface area contributed by atoms with Gasteiger partial charge in [0.15, 0.2) is 0 Å². The summed E-state index contributed by atoms with van der Waals surface area (Å²) in [5, 5.41) is 11.7. The van der Waals surface area contributed by atoms with E-state index in [0.717, 1.165) is 11.3 Å². The fourth-order valence-corrected chi connectivity index (χ4v) is 2.17. The van der Waals surface area contributed by atoms with Crippen molar-refractivity contribution in [1.82, 2.24) is 5.32 Å². The van der Waals surface area contributed by atoms with Crippen molar-refractivity contribution in [1.29, 1.82) is 0 Å². The summed E-state index contributed by atoms with van der Waals surface area (Å²) < 4.78 is 5.43. The van der Waals surface area contributed by atoms with Crippen LogP contribution < -0.4 is 10.1 Å². The molecule has 2 N–H and O–H groups in total. The molecular formula is C15H21NO3. The van der Waals surface area contributed by atoms with Gasteiger partial charge in [0.2, 0.25) is 5.91 Å². The number of aliphatic hydroxyl groups is 1. The Kier molecular flexibility index (Phi) is 5.21. The second-order valence-corrected chi connectivity index (χ2v) is 4.96. The van der Waals surface area contributed by atoms with E-state index in [2.05, 4.69) is 5.32 Å². The van der Waals surface area contributed by atoms with Crippen molar-refractivity contribution in [3.05, 3.63) is 29.8 Å². The van der Waals surface area contributed by atoms with Crippen LogP contribution in [0.2, 0.25) is 0 Å². The van der Waals surface area contributed by atoms with Crippen LogP contribution in [0.4, 0.5) is 0 Å². The van der Waals surface area contributed by atoms with E-state index in [0.29, 0.717) is 18.9 Å². The normalized spacial score (nSPS) is 14.8. The summed E-state index contributed by atoms with van der Waals surface area (Å²) in [5.74, 6) is 1.42. The number of benzene rings is 1. The Morgan fingerprint density at radius 2 is 2.16 bits per heavy atom. The molecule has 1 amide bonds. The zero-order chi connectivity index (χ0) is 13.5. The van der Waals surface area contributed by atoms with E-state index >= 15 is 0 Å². The summed E-state index contributed by atoms with van der Waals surface area (Å²) in [7, 11) is 0. The van der Waals surface area contributed by atoms with Crippen molar-refractivity contribution in [3.63, 3.8) is 0 Å². The lowest BCUT2D eigenvalue weighted by atomic mass is 9.83. The Hall–Kier alpha value is -1.55. The molecule has 1 fully saturated rings. The molecule has 104 valence electrons. The van der Waals surface area contributed by atoms with Crippen molar-refractivity contribution in [3.8, 4) is 5.75 Å². The molecule has 0 unspecified atom stereocenters. The predicted octanol–water partition coefficient (Wildman–Crippen LogP) is 1.86. The Balaban J connectivity index is 1.82. The van der Waals surface area contributed by atoms with Gasteiger partial charge in [-0.3, -0.25) is 4.79 Å². The average Bonchev–Trinajstić information content (AvgIpc) is 2.39. The molecule has 0 heterocycles. The van der Waals surface area contributed by atoms with Gasteiger partial charge >= 0.3 is 0 Å². The van der Waals surface area contributed by atoms with Crippen LogP contribution >= 0.6 is 0 Å². The molecule has 1 saturated carbocycles. The standard InChI is InChI=1S/C15H21NO3/c17-8-9-19-14-7-2-1-6-13(14)11-16-15(18)10-12-4-3-5-12/h1-2,6-7,12,17H,3-5,8-11H2,(H,16,18). The average molecular weight is 263 g/mol. The largest absolute Gasteiger partial charge is 0.491 e. The van der Waals surface area contributed by atoms with Crippen molar-refractivity contribution < 1.29 is 14.6 Å². The summed E-state index contributed by atoms with van der Waals surface area (Å²) in [5.41, 5.74) is 0.943. The first-order valence-corrected chi connectivity index (χ1v) is 6.88. The van der Waals surface area contributed by atoms with Gasteiger partial charge in [-0.25, -0.2) is 0 Å². The Morgan fingerprint density at radius 3 is 2.84 bits per heavy atom. The lowest BCUT2D eigenvalue weighted by Gasteiger charge is -2.24. The molecule has 4 heteroatoms. The van der Waals surface area contributed by atoms with E-state index in [9.17, 15) is 4.79 Å². The van der Waals surface area contributed by atoms with Gasteiger partial charge in [-0.2, -0.15) is 0 Å². The maximum atomic E-state index is 11.8. The van der Waals surface area contributed by atoms with E-state index in [1.807, 2.05) is 24.3 Å². The monoisotopic (exact) mass is 263 g/mol. The van der Waals surface area contributed by atoms with E-state index in [-0.39, 0.29) is 19.1 Å². The summed E-state index contributed by atoms with van der Waals surface area (Å²) in [6.07, 6.45) is 4.27. The van der Waals surface area contributed by atoms with Crippen molar-refractivity contribution in [2.24, 2.45) is 5.92 Å². The van der Waals surface area contributed by atoms with Crippen LogP contribution in [0, 0.1) is 5.92 Å². The van der Waals surface area contributed by atoms with E-state index in [1.165, 1.54) is 19.3 Å². The van der Waals surface area contributed by atoms with Crippen LogP contribution in [-0.2, 0) is 11.3 Å². The molecule has 1 aliphatic rings. The highest BCUT2D eigenvalue weighted by Crippen LogP contribution is 2.29. The van der Waals surface area contributed by atoms with Gasteiger partial charge in [0.05, 0.1) is 6.61 Å². The number of carbonyl (C=O) groups is 1. The summed E-state index contributed by atoms with van der Waals surface area (Å²) in [6, 6.07) is 7.57. The molecule has 0 aromatic heterocycles. The quantitative estimate of drug-likeness (QED) is 0.789. The van der Waals surface area contributed by atoms with E-state index < -0.39 is 0 Å². The number of amides is 1. The first-order valence-electron chi connectivity index (χ1n) is 6.88. The fourth-order valence-electron chi connectivity index (χ4n) is 2.17. The zero-order valence-electron chi connectivity index (χ0n) is 11.1. The number of nitrogens with one attached hydrogen (secondary N) is 1. The van der Waals surface area contributed by atoms with Gasteiger partial charge < -0.3 is 15.2 Å². The molecule has 19 heavy (non-hydrogen) atoms. The highest BCUT2D eigenvalue weighted by Gasteiger charge is 2.20. The minimum atomic E-state index is -0.0115. The van der Waals surface area contributed by atoms with E-state index in [1.54, 1.807) is 0 Å². The van der Waals surface area contributed by atoms with Crippen LogP contribution in [0.25, 0.3) is 0 Å². The van der Waals surface area contributed by atoms with Crippen LogP contribution in [0.15, 0.2) is 24.3 Å². The van der Waals surface area contributed by atoms with Crippen molar-refractivity contribution in [2.45, 2.75) is 32.2 Å². The highest BCUT2D eigenvalue weighted by molar-refractivity contribution is 5.76. The van der Waals surface area contributed by atoms with Crippen LogP contribution in [0.1, 0.15) is 31.2 Å². The molecule has 2 rings (SSSR count). The number of aliphatic hydroxyl groups excluding tert-OH is 1. The molecule has 0 aliphatic heterocycles. The number of hydrogen-bond acceptors (Lipinski definition) is 3. The molecule has 1 aromatic rings. The minimum Gasteiger partial charge on any atom is -0.491 e. The topological polar surface area (TPSA) is 58.6 Å². The third-order valence-corrected chi connectivity index (χ3v) is 3.50. The third-order valence-electron chi connectivity index (χ3n) is 3.50. The first kappa shape index (κ1) is 13.9. The molecule has 0 atom stereocenters. The Morgan fingerprint density at radius 1 is 1.37 bits per heavy atom. The zero-order valence-corrected chi connectivity index (χ0v) is 11.1. The summed E-state index contributed by atoms with van der Waals surface area (Å²) >= 11 is 0. The first-order chi connectivity index (χ1) is 9.29. The third kappa shape index (κ3) is 4.24. The van der Waals surface area contributed by atoms with Gasteiger partial charge in [0, 0.05) is 18.5 Å². The number of ether oxygens (including phenoxy) is 1. The number of rotatable bonds is 7. The predicted molar refractivity (Wildman–Crippen MR) is 72.8 cm³/mol. The fraction of sp³-hybridized carbons (Fsp3) is 0.533. The van der Waals surface area contributed by atoms with E-state index in [4.69, 9.17) is 9.84 Å². The van der Waals surface area contributed by atoms with Crippen molar-refractivity contribution >= 4 is 5.91 Å². The van der Waals surface area contributed by atoms with Gasteiger partial charge in [0.25, 0.3) is 0 Å². The molecule has 1 aromatic carbocycles. The number of hydrogen-bond donors (Lipinski definition) is 2. The van der Waals surface area contributed by atoms with Crippen LogP contribution in [0.3, 0.4) is 0 Å². The summed E-state index contributed by atoms with van der Waals surface area (Å²) in [6.45, 7) is 0.739. The highest BCUT2D eigenvalue weighted by atomic mass is 16.5. The lowest BCUT2D eigenvalue weighted by Crippen LogP contribution is -2.27. The summed E-state index contributed by atoms with van der Waals surface area (Å²) in [4.78, 5) is 11.8. The van der Waals surface area contributed by atoms with Gasteiger partial charge in [0.1, 0.15) is 12.4 Å². The molecule has 0 radical (unpaired) electrons. The van der Waals surface area contributed by atoms with Gasteiger partial charge in [-0.15, -0.1) is 0 Å². The molecule has 0 spiro atoms. The smallest absolute Gasteiger partial charge is 0.220 e. The molecule has 0 saturated heterocycles. The van der Waals surface area contributed by atoms with Crippen LogP contribution in [0.5, 0.6) is 5.75 Å². The van der Waals surface area contributed by atoms with Gasteiger partial charge in [-0.1, -0.05) is 24.6 Å². The maximum Gasteiger partial charge on any atom is 0.220 e. The van der Waals surface area contributed by atoms with Crippen molar-refractivity contribution in [2.75, 3.05) is 13.2 Å². The minimum absolute atomic E-state index is 0.0115. The molecule has 1 aliphatic carbocycles. The second-order valence-electron chi connectivity index (χ2n) is 4.96. The Labute approximate surface area is 113 Å². The SMILES string of the molecule is O=C(CC1CCC1)NCc1ccccc1OCCO. The molecule has 4 nitrogen and oxygen atoms in total.